The number of hydrogen-bond acceptors (Lipinski definition) is 2. The fourth-order valence-electron chi connectivity index (χ4n) is 2.15. The summed E-state index contributed by atoms with van der Waals surface area (Å²) in [7, 11) is 0. The van der Waals surface area contributed by atoms with Gasteiger partial charge in [0.25, 0.3) is 5.91 Å². The molecule has 0 aliphatic carbocycles. The number of anilines is 1. The van der Waals surface area contributed by atoms with Crippen LogP contribution in [-0.4, -0.2) is 23.9 Å². The highest BCUT2D eigenvalue weighted by Gasteiger charge is 2.22. The SMILES string of the molecule is CC(C)(C)NC(=O)c1cccc(N2CCCC2=O)c1. The monoisotopic (exact) mass is 260 g/mol. The van der Waals surface area contributed by atoms with E-state index >= 15 is 0 Å². The lowest BCUT2D eigenvalue weighted by molar-refractivity contribution is -0.117. The minimum Gasteiger partial charge on any atom is -0.347 e. The molecule has 0 bridgehead atoms. The molecule has 1 fully saturated rings. The Balaban J connectivity index is 2.20. The fraction of sp³-hybridized carbons (Fsp3) is 0.467. The van der Waals surface area contributed by atoms with E-state index in [1.54, 1.807) is 17.0 Å². The topological polar surface area (TPSA) is 49.4 Å². The van der Waals surface area contributed by atoms with Crippen LogP contribution in [0.25, 0.3) is 0 Å². The first-order chi connectivity index (χ1) is 8.87. The van der Waals surface area contributed by atoms with Crippen LogP contribution in [0.3, 0.4) is 0 Å². The molecule has 0 unspecified atom stereocenters. The van der Waals surface area contributed by atoms with Crippen molar-refractivity contribution >= 4 is 17.5 Å². The maximum absolute atomic E-state index is 12.1. The Morgan fingerprint density at radius 2 is 2.05 bits per heavy atom. The summed E-state index contributed by atoms with van der Waals surface area (Å²) in [5, 5.41) is 2.92. The highest BCUT2D eigenvalue weighted by molar-refractivity contribution is 5.99. The summed E-state index contributed by atoms with van der Waals surface area (Å²) in [6.45, 7) is 6.57. The van der Waals surface area contributed by atoms with Crippen molar-refractivity contribution in [2.75, 3.05) is 11.4 Å². The van der Waals surface area contributed by atoms with Gasteiger partial charge in [-0.2, -0.15) is 0 Å². The number of benzene rings is 1. The van der Waals surface area contributed by atoms with Crippen molar-refractivity contribution in [3.05, 3.63) is 29.8 Å². The quantitative estimate of drug-likeness (QED) is 0.887. The minimum absolute atomic E-state index is 0.110. The Labute approximate surface area is 113 Å². The van der Waals surface area contributed by atoms with E-state index in [1.165, 1.54) is 0 Å². The highest BCUT2D eigenvalue weighted by atomic mass is 16.2. The summed E-state index contributed by atoms with van der Waals surface area (Å²) >= 11 is 0. The van der Waals surface area contributed by atoms with Crippen molar-refractivity contribution < 1.29 is 9.59 Å². The molecule has 4 nitrogen and oxygen atoms in total. The molecule has 19 heavy (non-hydrogen) atoms. The van der Waals surface area contributed by atoms with Gasteiger partial charge >= 0.3 is 0 Å². The van der Waals surface area contributed by atoms with E-state index in [4.69, 9.17) is 0 Å². The van der Waals surface area contributed by atoms with Gasteiger partial charge in [0.15, 0.2) is 0 Å². The normalized spacial score (nSPS) is 15.7. The molecule has 1 N–H and O–H groups in total. The molecule has 0 atom stereocenters. The molecule has 4 heteroatoms. The van der Waals surface area contributed by atoms with E-state index in [0.29, 0.717) is 12.0 Å². The van der Waals surface area contributed by atoms with Crippen molar-refractivity contribution in [2.24, 2.45) is 0 Å². The van der Waals surface area contributed by atoms with Gasteiger partial charge in [0, 0.05) is 29.8 Å². The van der Waals surface area contributed by atoms with E-state index in [9.17, 15) is 9.59 Å². The number of rotatable bonds is 2. The molecular formula is C15H20N2O2. The summed E-state index contributed by atoms with van der Waals surface area (Å²) in [4.78, 5) is 25.5. The Hall–Kier alpha value is -1.84. The van der Waals surface area contributed by atoms with E-state index in [0.717, 1.165) is 18.7 Å². The van der Waals surface area contributed by atoms with Gasteiger partial charge in [-0.25, -0.2) is 0 Å². The third-order valence-electron chi connectivity index (χ3n) is 2.98. The maximum atomic E-state index is 12.1. The molecular weight excluding hydrogens is 240 g/mol. The lowest BCUT2D eigenvalue weighted by Crippen LogP contribution is -2.40. The Bertz CT molecular complexity index is 503. The van der Waals surface area contributed by atoms with Crippen LogP contribution in [0.5, 0.6) is 0 Å². The van der Waals surface area contributed by atoms with Crippen LogP contribution in [0.2, 0.25) is 0 Å². The molecule has 1 aromatic carbocycles. The van der Waals surface area contributed by atoms with E-state index in [-0.39, 0.29) is 17.4 Å². The van der Waals surface area contributed by atoms with Crippen molar-refractivity contribution in [3.63, 3.8) is 0 Å². The molecule has 0 radical (unpaired) electrons. The lowest BCUT2D eigenvalue weighted by Gasteiger charge is -2.21. The first-order valence-electron chi connectivity index (χ1n) is 6.60. The van der Waals surface area contributed by atoms with Crippen LogP contribution in [0, 0.1) is 0 Å². The van der Waals surface area contributed by atoms with Gasteiger partial charge in [0.2, 0.25) is 5.91 Å². The number of nitrogens with zero attached hydrogens (tertiary/aromatic N) is 1. The molecule has 1 aromatic rings. The first kappa shape index (κ1) is 13.6. The summed E-state index contributed by atoms with van der Waals surface area (Å²) in [6.07, 6.45) is 1.48. The number of hydrogen-bond donors (Lipinski definition) is 1. The third kappa shape index (κ3) is 3.34. The fourth-order valence-corrected chi connectivity index (χ4v) is 2.15. The van der Waals surface area contributed by atoms with Crippen LogP contribution in [0.4, 0.5) is 5.69 Å². The summed E-state index contributed by atoms with van der Waals surface area (Å²) in [5.41, 5.74) is 1.13. The van der Waals surface area contributed by atoms with Crippen LogP contribution in [-0.2, 0) is 4.79 Å². The molecule has 2 rings (SSSR count). The first-order valence-corrected chi connectivity index (χ1v) is 6.60. The number of amides is 2. The maximum Gasteiger partial charge on any atom is 0.251 e. The van der Waals surface area contributed by atoms with Gasteiger partial charge in [0.05, 0.1) is 0 Å². The predicted molar refractivity (Wildman–Crippen MR) is 75.2 cm³/mol. The van der Waals surface area contributed by atoms with Gasteiger partial charge in [-0.05, 0) is 45.4 Å². The molecule has 1 heterocycles. The average Bonchev–Trinajstić information content (AvgIpc) is 2.73. The van der Waals surface area contributed by atoms with Gasteiger partial charge in [-0.3, -0.25) is 9.59 Å². The molecule has 102 valence electrons. The third-order valence-corrected chi connectivity index (χ3v) is 2.98. The van der Waals surface area contributed by atoms with Crippen LogP contribution >= 0.6 is 0 Å². The Kier molecular flexibility index (Phi) is 3.60. The summed E-state index contributed by atoms with van der Waals surface area (Å²) in [5.74, 6) is 0.0226. The smallest absolute Gasteiger partial charge is 0.251 e. The van der Waals surface area contributed by atoms with E-state index < -0.39 is 0 Å². The van der Waals surface area contributed by atoms with Gasteiger partial charge in [0.1, 0.15) is 0 Å². The minimum atomic E-state index is -0.267. The van der Waals surface area contributed by atoms with Gasteiger partial charge in [-0.15, -0.1) is 0 Å². The van der Waals surface area contributed by atoms with Crippen LogP contribution < -0.4 is 10.2 Å². The molecule has 0 saturated carbocycles. The number of carbonyl (C=O) groups is 2. The van der Waals surface area contributed by atoms with Crippen molar-refractivity contribution in [1.29, 1.82) is 0 Å². The van der Waals surface area contributed by atoms with E-state index in [1.807, 2.05) is 32.9 Å². The summed E-state index contributed by atoms with van der Waals surface area (Å²) < 4.78 is 0. The second-order valence-electron chi connectivity index (χ2n) is 5.90. The van der Waals surface area contributed by atoms with Crippen LogP contribution in [0.1, 0.15) is 44.0 Å². The largest absolute Gasteiger partial charge is 0.347 e. The van der Waals surface area contributed by atoms with Crippen LogP contribution in [0.15, 0.2) is 24.3 Å². The molecule has 2 amide bonds. The second kappa shape index (κ2) is 5.03. The van der Waals surface area contributed by atoms with Crippen molar-refractivity contribution in [1.82, 2.24) is 5.32 Å². The molecule has 1 aliphatic heterocycles. The summed E-state index contributed by atoms with van der Waals surface area (Å²) in [6, 6.07) is 7.24. The van der Waals surface area contributed by atoms with Gasteiger partial charge < -0.3 is 10.2 Å². The zero-order valence-corrected chi connectivity index (χ0v) is 11.7. The molecule has 1 aliphatic rings. The number of carbonyl (C=O) groups excluding carboxylic acids is 2. The standard InChI is InChI=1S/C15H20N2O2/c1-15(2,3)16-14(19)11-6-4-7-12(10-11)17-9-5-8-13(17)18/h4,6-7,10H,5,8-9H2,1-3H3,(H,16,19). The molecule has 0 aromatic heterocycles. The van der Waals surface area contributed by atoms with E-state index in [2.05, 4.69) is 5.32 Å². The number of nitrogens with one attached hydrogen (secondary N) is 1. The predicted octanol–water partition coefficient (Wildman–Crippen LogP) is 2.34. The zero-order chi connectivity index (χ0) is 14.0. The van der Waals surface area contributed by atoms with Crippen molar-refractivity contribution in [2.45, 2.75) is 39.2 Å². The molecule has 1 saturated heterocycles. The zero-order valence-electron chi connectivity index (χ0n) is 11.7. The Morgan fingerprint density at radius 3 is 2.63 bits per heavy atom. The lowest BCUT2D eigenvalue weighted by atomic mass is 10.1. The Morgan fingerprint density at radius 1 is 1.32 bits per heavy atom. The van der Waals surface area contributed by atoms with Gasteiger partial charge in [-0.1, -0.05) is 6.07 Å². The highest BCUT2D eigenvalue weighted by Crippen LogP contribution is 2.22. The molecule has 0 spiro atoms. The van der Waals surface area contributed by atoms with Crippen molar-refractivity contribution in [3.8, 4) is 0 Å². The average molecular weight is 260 g/mol. The second-order valence-corrected chi connectivity index (χ2v) is 5.90.